The molecule has 2 amide bonds. The van der Waals surface area contributed by atoms with Gasteiger partial charge in [0, 0.05) is 11.3 Å². The van der Waals surface area contributed by atoms with Crippen molar-refractivity contribution in [2.45, 2.75) is 26.1 Å². The Morgan fingerprint density at radius 2 is 1.91 bits per heavy atom. The van der Waals surface area contributed by atoms with Crippen LogP contribution in [0.2, 0.25) is 0 Å². The number of rotatable bonds is 5. The normalized spacial score (nSPS) is 15.4. The zero-order valence-corrected chi connectivity index (χ0v) is 18.9. The Morgan fingerprint density at radius 3 is 2.54 bits per heavy atom. The maximum Gasteiger partial charge on any atom is 0.416 e. The number of urea groups is 1. The minimum absolute atomic E-state index is 0.0441. The number of hydrogen-bond donors (Lipinski definition) is 1. The molecule has 1 aliphatic rings. The molecule has 0 radical (unpaired) electrons. The summed E-state index contributed by atoms with van der Waals surface area (Å²) in [6, 6.07) is 12.1. The summed E-state index contributed by atoms with van der Waals surface area (Å²) in [6.45, 7) is 3.02. The minimum atomic E-state index is -4.58. The fourth-order valence-corrected chi connectivity index (χ4v) is 3.89. The number of halogens is 3. The van der Waals surface area contributed by atoms with E-state index in [4.69, 9.17) is 5.26 Å². The van der Waals surface area contributed by atoms with Crippen LogP contribution in [-0.4, -0.2) is 50.0 Å². The molecule has 3 aromatic rings. The molecule has 1 aromatic heterocycles. The number of nitriles is 1. The number of anilines is 1. The van der Waals surface area contributed by atoms with Gasteiger partial charge in [0.2, 0.25) is 0 Å². The second-order valence-corrected chi connectivity index (χ2v) is 8.07. The van der Waals surface area contributed by atoms with Gasteiger partial charge in [0.05, 0.1) is 47.8 Å². The fraction of sp³-hybridized carbons (Fsp3) is 0.250. The van der Waals surface area contributed by atoms with Crippen molar-refractivity contribution in [3.63, 3.8) is 0 Å². The summed E-state index contributed by atoms with van der Waals surface area (Å²) in [5.74, 6) is 0.429. The van der Waals surface area contributed by atoms with Gasteiger partial charge in [0.25, 0.3) is 0 Å². The number of carbonyl (C=O) groups is 1. The van der Waals surface area contributed by atoms with E-state index in [0.717, 1.165) is 12.1 Å². The average Bonchev–Trinajstić information content (AvgIpc) is 3.33. The molecule has 8 nitrogen and oxygen atoms in total. The van der Waals surface area contributed by atoms with Gasteiger partial charge >= 0.3 is 12.2 Å². The number of allylic oxidation sites excluding steroid dienone is 1. The summed E-state index contributed by atoms with van der Waals surface area (Å²) in [5.41, 5.74) is 1.23. The lowest BCUT2D eigenvalue weighted by molar-refractivity contribution is -0.137. The van der Waals surface area contributed by atoms with Gasteiger partial charge < -0.3 is 10.0 Å². The number of carbonyl (C=O) groups excluding carboxylic acids is 1. The molecule has 1 aliphatic heterocycles. The molecule has 35 heavy (non-hydrogen) atoms. The molecule has 0 bridgehead atoms. The van der Waals surface area contributed by atoms with Gasteiger partial charge in [-0.1, -0.05) is 6.07 Å². The first-order valence-corrected chi connectivity index (χ1v) is 10.6. The minimum Gasteiger partial charge on any atom is -0.394 e. The lowest BCUT2D eigenvalue weighted by Gasteiger charge is -2.40. The molecule has 1 N–H and O–H groups in total. The van der Waals surface area contributed by atoms with Crippen LogP contribution in [0.25, 0.3) is 17.1 Å². The lowest BCUT2D eigenvalue weighted by Crippen LogP contribution is -2.52. The van der Waals surface area contributed by atoms with Crippen molar-refractivity contribution in [2.24, 2.45) is 0 Å². The van der Waals surface area contributed by atoms with E-state index >= 15 is 0 Å². The van der Waals surface area contributed by atoms with Crippen LogP contribution in [0.3, 0.4) is 0 Å². The smallest absolute Gasteiger partial charge is 0.394 e. The average molecular weight is 482 g/mol. The molecule has 0 unspecified atom stereocenters. The largest absolute Gasteiger partial charge is 0.416 e. The standard InChI is InChI=1S/C24H21F3N6O2/c1-15(13-34)31-12-21(32-14-29-30-22(32)18-8-6-17(11-28)7-9-18)16(2)33(23(31)35)20-5-3-4-19(10-20)24(25,26)27/h3-10,14-15,34H,12-13H2,1-2H3/t15-/m1/s1. The molecular weight excluding hydrogens is 461 g/mol. The number of aliphatic hydroxyl groups excluding tert-OH is 1. The SMILES string of the molecule is CC1=C(n2cnnc2-c2ccc(C#N)cc2)CN([C@H](C)CO)C(=O)N1c1cccc(C(F)(F)F)c1. The number of benzene rings is 2. The molecule has 2 aromatic carbocycles. The Kier molecular flexibility index (Phi) is 6.32. The van der Waals surface area contributed by atoms with Crippen molar-refractivity contribution in [1.29, 1.82) is 5.26 Å². The van der Waals surface area contributed by atoms with Crippen LogP contribution in [0.4, 0.5) is 23.7 Å². The molecular formula is C24H21F3N6O2. The van der Waals surface area contributed by atoms with Gasteiger partial charge in [-0.15, -0.1) is 10.2 Å². The molecule has 11 heteroatoms. The maximum absolute atomic E-state index is 13.4. The first-order valence-electron chi connectivity index (χ1n) is 10.6. The first-order chi connectivity index (χ1) is 16.7. The van der Waals surface area contributed by atoms with E-state index in [2.05, 4.69) is 10.2 Å². The second-order valence-electron chi connectivity index (χ2n) is 8.07. The molecule has 0 spiro atoms. The van der Waals surface area contributed by atoms with Gasteiger partial charge in [0.1, 0.15) is 6.33 Å². The zero-order chi connectivity index (χ0) is 25.3. The molecule has 0 saturated carbocycles. The third kappa shape index (κ3) is 4.48. The highest BCUT2D eigenvalue weighted by molar-refractivity contribution is 5.99. The molecule has 0 aliphatic carbocycles. The first kappa shape index (κ1) is 24.0. The number of amides is 2. The van der Waals surface area contributed by atoms with Crippen LogP contribution in [0.15, 0.2) is 60.6 Å². The molecule has 0 saturated heterocycles. The van der Waals surface area contributed by atoms with E-state index in [1.165, 1.54) is 28.3 Å². The van der Waals surface area contributed by atoms with Gasteiger partial charge in [-0.3, -0.25) is 9.47 Å². The van der Waals surface area contributed by atoms with Crippen LogP contribution in [0.1, 0.15) is 25.0 Å². The van der Waals surface area contributed by atoms with Crippen molar-refractivity contribution < 1.29 is 23.1 Å². The van der Waals surface area contributed by atoms with E-state index in [-0.39, 0.29) is 18.8 Å². The van der Waals surface area contributed by atoms with Crippen LogP contribution in [0, 0.1) is 11.3 Å². The van der Waals surface area contributed by atoms with Gasteiger partial charge in [-0.05, 0) is 56.3 Å². The van der Waals surface area contributed by atoms with Crippen LogP contribution in [0.5, 0.6) is 0 Å². The van der Waals surface area contributed by atoms with E-state index in [1.54, 1.807) is 42.7 Å². The van der Waals surface area contributed by atoms with Crippen molar-refractivity contribution in [2.75, 3.05) is 18.1 Å². The van der Waals surface area contributed by atoms with Crippen molar-refractivity contribution >= 4 is 17.4 Å². The van der Waals surface area contributed by atoms with E-state index < -0.39 is 23.8 Å². The van der Waals surface area contributed by atoms with Crippen molar-refractivity contribution in [1.82, 2.24) is 19.7 Å². The van der Waals surface area contributed by atoms with Crippen molar-refractivity contribution in [3.05, 3.63) is 71.7 Å². The summed E-state index contributed by atoms with van der Waals surface area (Å²) < 4.78 is 41.8. The maximum atomic E-state index is 13.4. The molecule has 2 heterocycles. The monoisotopic (exact) mass is 482 g/mol. The highest BCUT2D eigenvalue weighted by Gasteiger charge is 2.37. The summed E-state index contributed by atoms with van der Waals surface area (Å²) in [6.07, 6.45) is -3.13. The van der Waals surface area contributed by atoms with E-state index in [1.807, 2.05) is 6.07 Å². The number of hydrogen-bond acceptors (Lipinski definition) is 5. The molecule has 0 fully saturated rings. The highest BCUT2D eigenvalue weighted by Crippen LogP contribution is 2.36. The third-order valence-corrected chi connectivity index (χ3v) is 5.85. The Labute approximate surface area is 199 Å². The second kappa shape index (κ2) is 9.23. The number of aliphatic hydroxyl groups is 1. The van der Waals surface area contributed by atoms with E-state index in [0.29, 0.717) is 28.3 Å². The van der Waals surface area contributed by atoms with Crippen LogP contribution < -0.4 is 4.90 Å². The Balaban J connectivity index is 1.87. The Morgan fingerprint density at radius 1 is 1.20 bits per heavy atom. The highest BCUT2D eigenvalue weighted by atomic mass is 19.4. The molecule has 1 atom stereocenters. The van der Waals surface area contributed by atoms with Crippen molar-refractivity contribution in [3.8, 4) is 17.5 Å². The van der Waals surface area contributed by atoms with E-state index in [9.17, 15) is 23.1 Å². The summed E-state index contributed by atoms with van der Waals surface area (Å²) in [7, 11) is 0. The predicted molar refractivity (Wildman–Crippen MR) is 122 cm³/mol. The summed E-state index contributed by atoms with van der Waals surface area (Å²) in [4.78, 5) is 16.0. The predicted octanol–water partition coefficient (Wildman–Crippen LogP) is 4.35. The number of nitrogens with zero attached hydrogens (tertiary/aromatic N) is 6. The van der Waals surface area contributed by atoms with Crippen LogP contribution in [-0.2, 0) is 6.18 Å². The Hall–Kier alpha value is -4.17. The van der Waals surface area contributed by atoms with Gasteiger partial charge in [-0.2, -0.15) is 18.4 Å². The third-order valence-electron chi connectivity index (χ3n) is 5.85. The number of alkyl halides is 3. The quantitative estimate of drug-likeness (QED) is 0.583. The fourth-order valence-electron chi connectivity index (χ4n) is 3.89. The zero-order valence-electron chi connectivity index (χ0n) is 18.9. The van der Waals surface area contributed by atoms with Gasteiger partial charge in [0.15, 0.2) is 5.82 Å². The van der Waals surface area contributed by atoms with Crippen LogP contribution >= 0.6 is 0 Å². The summed E-state index contributed by atoms with van der Waals surface area (Å²) >= 11 is 0. The van der Waals surface area contributed by atoms with Gasteiger partial charge in [-0.25, -0.2) is 4.79 Å². The topological polar surface area (TPSA) is 98.3 Å². The summed E-state index contributed by atoms with van der Waals surface area (Å²) in [5, 5.41) is 27.0. The number of aromatic nitrogens is 3. The lowest BCUT2D eigenvalue weighted by atomic mass is 10.1. The molecule has 4 rings (SSSR count). The molecule has 180 valence electrons. The Bertz CT molecular complexity index is 1320.